The van der Waals surface area contributed by atoms with E-state index in [1.54, 1.807) is 24.0 Å². The Balaban J connectivity index is 1.72. The number of hydrogen-bond donors (Lipinski definition) is 1. The number of likely N-dealkylation sites (tertiary alicyclic amines) is 1. The van der Waals surface area contributed by atoms with Gasteiger partial charge in [0.05, 0.1) is 16.9 Å². The maximum Gasteiger partial charge on any atom is 0.311 e. The Bertz CT molecular complexity index is 662. The molecule has 1 aromatic rings. The fraction of sp³-hybridized carbons (Fsp3) is 0.500. The number of fused-ring (bicyclic) bond motifs is 1. The van der Waals surface area contributed by atoms with E-state index in [9.17, 15) is 14.7 Å². The standard InChI is InChI=1S/C16H18ClNO5/c1-16(15(20)21)2-3-18(9-16)13(19)8-10-6-11(17)14-12(7-10)22-4-5-23-14/h6-7H,2-5,8-9H2,1H3,(H,20,21). The van der Waals surface area contributed by atoms with Gasteiger partial charge in [-0.05, 0) is 31.0 Å². The number of rotatable bonds is 3. The molecule has 3 rings (SSSR count). The molecule has 124 valence electrons. The fourth-order valence-electron chi connectivity index (χ4n) is 2.90. The molecule has 1 fully saturated rings. The molecule has 1 N–H and O–H groups in total. The van der Waals surface area contributed by atoms with E-state index < -0.39 is 11.4 Å². The Morgan fingerprint density at radius 3 is 2.78 bits per heavy atom. The summed E-state index contributed by atoms with van der Waals surface area (Å²) in [6.07, 6.45) is 0.627. The van der Waals surface area contributed by atoms with Gasteiger partial charge in [0.1, 0.15) is 13.2 Å². The molecule has 2 aliphatic heterocycles. The number of hydrogen-bond acceptors (Lipinski definition) is 4. The van der Waals surface area contributed by atoms with Crippen LogP contribution >= 0.6 is 11.6 Å². The lowest BCUT2D eigenvalue weighted by atomic mass is 9.90. The van der Waals surface area contributed by atoms with Crippen LogP contribution in [0.2, 0.25) is 5.02 Å². The topological polar surface area (TPSA) is 76.1 Å². The molecule has 0 aliphatic carbocycles. The Hall–Kier alpha value is -1.95. The highest BCUT2D eigenvalue weighted by Gasteiger charge is 2.42. The van der Waals surface area contributed by atoms with Crippen LogP contribution in [0.5, 0.6) is 11.5 Å². The van der Waals surface area contributed by atoms with Crippen molar-refractivity contribution in [3.63, 3.8) is 0 Å². The number of carbonyl (C=O) groups excluding carboxylic acids is 1. The quantitative estimate of drug-likeness (QED) is 0.911. The lowest BCUT2D eigenvalue weighted by Gasteiger charge is -2.22. The van der Waals surface area contributed by atoms with Gasteiger partial charge in [-0.15, -0.1) is 0 Å². The molecule has 1 saturated heterocycles. The molecule has 0 bridgehead atoms. The van der Waals surface area contributed by atoms with Crippen LogP contribution in [0.3, 0.4) is 0 Å². The minimum atomic E-state index is -0.866. The van der Waals surface area contributed by atoms with Crippen LogP contribution in [-0.2, 0) is 16.0 Å². The van der Waals surface area contributed by atoms with Gasteiger partial charge in [-0.25, -0.2) is 0 Å². The maximum atomic E-state index is 12.4. The molecular weight excluding hydrogens is 322 g/mol. The number of carboxylic acid groups (broad SMARTS) is 1. The summed E-state index contributed by atoms with van der Waals surface area (Å²) in [6, 6.07) is 3.45. The van der Waals surface area contributed by atoms with E-state index in [1.807, 2.05) is 0 Å². The molecular formula is C16H18ClNO5. The van der Waals surface area contributed by atoms with Gasteiger partial charge >= 0.3 is 5.97 Å². The average molecular weight is 340 g/mol. The van der Waals surface area contributed by atoms with Crippen LogP contribution in [0.4, 0.5) is 0 Å². The van der Waals surface area contributed by atoms with Crippen molar-refractivity contribution in [2.45, 2.75) is 19.8 Å². The van der Waals surface area contributed by atoms with Gasteiger partial charge in [-0.2, -0.15) is 0 Å². The van der Waals surface area contributed by atoms with Crippen LogP contribution in [-0.4, -0.2) is 48.2 Å². The summed E-state index contributed by atoms with van der Waals surface area (Å²) in [6.45, 7) is 3.26. The number of aliphatic carboxylic acids is 1. The summed E-state index contributed by atoms with van der Waals surface area (Å²) in [5.74, 6) is 0.0787. The van der Waals surface area contributed by atoms with Gasteiger partial charge in [0.25, 0.3) is 0 Å². The minimum Gasteiger partial charge on any atom is -0.486 e. The van der Waals surface area contributed by atoms with Gasteiger partial charge in [0, 0.05) is 13.1 Å². The molecule has 7 heteroatoms. The van der Waals surface area contributed by atoms with Crippen molar-refractivity contribution < 1.29 is 24.2 Å². The summed E-state index contributed by atoms with van der Waals surface area (Å²) in [7, 11) is 0. The zero-order valence-corrected chi connectivity index (χ0v) is 13.6. The first-order valence-corrected chi connectivity index (χ1v) is 7.86. The van der Waals surface area contributed by atoms with Crippen molar-refractivity contribution in [2.75, 3.05) is 26.3 Å². The van der Waals surface area contributed by atoms with Crippen molar-refractivity contribution >= 4 is 23.5 Å². The lowest BCUT2D eigenvalue weighted by Crippen LogP contribution is -2.35. The first-order chi connectivity index (χ1) is 10.9. The highest BCUT2D eigenvalue weighted by molar-refractivity contribution is 6.32. The Labute approximate surface area is 138 Å². The molecule has 0 spiro atoms. The number of nitrogens with zero attached hydrogens (tertiary/aromatic N) is 1. The first kappa shape index (κ1) is 15.9. The summed E-state index contributed by atoms with van der Waals surface area (Å²) < 4.78 is 11.0. The maximum absolute atomic E-state index is 12.4. The van der Waals surface area contributed by atoms with Gasteiger partial charge in [0.15, 0.2) is 11.5 Å². The van der Waals surface area contributed by atoms with E-state index in [-0.39, 0.29) is 18.9 Å². The molecule has 1 amide bonds. The monoisotopic (exact) mass is 339 g/mol. The summed E-state index contributed by atoms with van der Waals surface area (Å²) in [4.78, 5) is 25.3. The molecule has 2 aliphatic rings. The van der Waals surface area contributed by atoms with Crippen molar-refractivity contribution in [1.29, 1.82) is 0 Å². The molecule has 0 radical (unpaired) electrons. The lowest BCUT2D eigenvalue weighted by molar-refractivity contribution is -0.147. The van der Waals surface area contributed by atoms with Gasteiger partial charge in [0.2, 0.25) is 5.91 Å². The van der Waals surface area contributed by atoms with Crippen LogP contribution in [0.25, 0.3) is 0 Å². The Kier molecular flexibility index (Phi) is 4.10. The molecule has 1 atom stereocenters. The van der Waals surface area contributed by atoms with Crippen LogP contribution in [0.1, 0.15) is 18.9 Å². The third-order valence-electron chi connectivity index (χ3n) is 4.35. The molecule has 1 aromatic carbocycles. The molecule has 23 heavy (non-hydrogen) atoms. The zero-order valence-electron chi connectivity index (χ0n) is 12.8. The Morgan fingerprint density at radius 1 is 1.35 bits per heavy atom. The number of halogens is 1. The predicted molar refractivity (Wildman–Crippen MR) is 83.1 cm³/mol. The smallest absolute Gasteiger partial charge is 0.311 e. The summed E-state index contributed by atoms with van der Waals surface area (Å²) in [5, 5.41) is 9.66. The van der Waals surface area contributed by atoms with Crippen molar-refractivity contribution in [3.8, 4) is 11.5 Å². The van der Waals surface area contributed by atoms with Crippen molar-refractivity contribution in [3.05, 3.63) is 22.7 Å². The summed E-state index contributed by atoms with van der Waals surface area (Å²) >= 11 is 6.17. The SMILES string of the molecule is CC1(C(=O)O)CCN(C(=O)Cc2cc(Cl)c3c(c2)OCCO3)C1. The average Bonchev–Trinajstić information content (AvgIpc) is 2.91. The second-order valence-corrected chi connectivity index (χ2v) is 6.62. The zero-order chi connectivity index (χ0) is 16.6. The minimum absolute atomic E-state index is 0.109. The molecule has 0 aromatic heterocycles. The number of benzene rings is 1. The highest BCUT2D eigenvalue weighted by Crippen LogP contribution is 2.38. The molecule has 1 unspecified atom stereocenters. The van der Waals surface area contributed by atoms with E-state index in [0.29, 0.717) is 42.7 Å². The van der Waals surface area contributed by atoms with Crippen molar-refractivity contribution in [2.24, 2.45) is 5.41 Å². The second-order valence-electron chi connectivity index (χ2n) is 6.21. The van der Waals surface area contributed by atoms with E-state index in [0.717, 1.165) is 5.56 Å². The number of amides is 1. The normalized spacial score (nSPS) is 23.0. The predicted octanol–water partition coefficient (Wildman–Crippen LogP) is 1.98. The van der Waals surface area contributed by atoms with Gasteiger partial charge in [-0.1, -0.05) is 11.6 Å². The van der Waals surface area contributed by atoms with E-state index >= 15 is 0 Å². The molecule has 2 heterocycles. The van der Waals surface area contributed by atoms with E-state index in [1.165, 1.54) is 0 Å². The van der Waals surface area contributed by atoms with Crippen LogP contribution in [0, 0.1) is 5.41 Å². The van der Waals surface area contributed by atoms with E-state index in [4.69, 9.17) is 21.1 Å². The molecule has 6 nitrogen and oxygen atoms in total. The first-order valence-electron chi connectivity index (χ1n) is 7.48. The summed E-state index contributed by atoms with van der Waals surface area (Å²) in [5.41, 5.74) is -0.131. The van der Waals surface area contributed by atoms with E-state index in [2.05, 4.69) is 0 Å². The van der Waals surface area contributed by atoms with Crippen LogP contribution < -0.4 is 9.47 Å². The van der Waals surface area contributed by atoms with Crippen LogP contribution in [0.15, 0.2) is 12.1 Å². The van der Waals surface area contributed by atoms with Crippen molar-refractivity contribution in [1.82, 2.24) is 4.90 Å². The number of ether oxygens (including phenoxy) is 2. The van der Waals surface area contributed by atoms with Gasteiger partial charge in [-0.3, -0.25) is 9.59 Å². The third kappa shape index (κ3) is 3.08. The number of carboxylic acids is 1. The molecule has 0 saturated carbocycles. The number of carbonyl (C=O) groups is 2. The third-order valence-corrected chi connectivity index (χ3v) is 4.64. The fourth-order valence-corrected chi connectivity index (χ4v) is 3.19. The largest absolute Gasteiger partial charge is 0.486 e. The highest BCUT2D eigenvalue weighted by atomic mass is 35.5. The second kappa shape index (κ2) is 5.92. The Morgan fingerprint density at radius 2 is 2.09 bits per heavy atom. The van der Waals surface area contributed by atoms with Gasteiger partial charge < -0.3 is 19.5 Å².